The zero-order valence-corrected chi connectivity index (χ0v) is 10.7. The molecule has 96 valence electrons. The largest absolute Gasteiger partial charge is 0.480 e. The molecular weight excluding hydrogens is 252 g/mol. The molecule has 1 amide bonds. The number of nitrogens with two attached hydrogens (primary N) is 1. The Morgan fingerprint density at radius 2 is 2.11 bits per heavy atom. The third-order valence-electron chi connectivity index (χ3n) is 2.27. The fraction of sp³-hybridized carbons (Fsp3) is 0.250. The van der Waals surface area contributed by atoms with Gasteiger partial charge in [0.2, 0.25) is 0 Å². The van der Waals surface area contributed by atoms with Crippen molar-refractivity contribution in [1.29, 1.82) is 0 Å². The van der Waals surface area contributed by atoms with E-state index in [0.717, 1.165) is 10.5 Å². The third-order valence-corrected chi connectivity index (χ3v) is 2.42. The van der Waals surface area contributed by atoms with Crippen LogP contribution in [0, 0.1) is 0 Å². The number of rotatable bonds is 5. The van der Waals surface area contributed by atoms with Gasteiger partial charge in [0.05, 0.1) is 4.99 Å². The van der Waals surface area contributed by atoms with Crippen molar-refractivity contribution in [2.45, 2.75) is 6.42 Å². The molecule has 0 spiro atoms. The zero-order valence-electron chi connectivity index (χ0n) is 9.92. The summed E-state index contributed by atoms with van der Waals surface area (Å²) < 4.78 is 0. The van der Waals surface area contributed by atoms with Gasteiger partial charge in [-0.2, -0.15) is 0 Å². The minimum Gasteiger partial charge on any atom is -0.480 e. The summed E-state index contributed by atoms with van der Waals surface area (Å²) in [5.74, 6) is -1.40. The topological polar surface area (TPSA) is 83.6 Å². The van der Waals surface area contributed by atoms with Crippen LogP contribution in [0.15, 0.2) is 24.3 Å². The average molecular weight is 266 g/mol. The lowest BCUT2D eigenvalue weighted by atomic mass is 10.1. The number of carbonyl (C=O) groups excluding carboxylic acids is 1. The van der Waals surface area contributed by atoms with Gasteiger partial charge in [-0.3, -0.25) is 9.59 Å². The summed E-state index contributed by atoms with van der Waals surface area (Å²) in [7, 11) is 1.44. The van der Waals surface area contributed by atoms with E-state index in [2.05, 4.69) is 0 Å². The number of benzene rings is 1. The van der Waals surface area contributed by atoms with Gasteiger partial charge in [-0.1, -0.05) is 24.4 Å². The molecule has 3 N–H and O–H groups in total. The predicted octanol–water partition coefficient (Wildman–Crippen LogP) is 0.672. The van der Waals surface area contributed by atoms with Crippen LogP contribution in [-0.2, 0) is 11.2 Å². The minimum atomic E-state index is -1.05. The lowest BCUT2D eigenvalue weighted by Crippen LogP contribution is -2.32. The number of hydrogen-bond donors (Lipinski definition) is 2. The quantitative estimate of drug-likeness (QED) is 0.765. The van der Waals surface area contributed by atoms with Crippen molar-refractivity contribution in [1.82, 2.24) is 4.90 Å². The second kappa shape index (κ2) is 6.11. The molecule has 0 aliphatic carbocycles. The van der Waals surface area contributed by atoms with Gasteiger partial charge in [0, 0.05) is 19.0 Å². The summed E-state index contributed by atoms with van der Waals surface area (Å²) in [6, 6.07) is 6.83. The number of likely N-dealkylation sites (N-methyl/N-ethyl adjacent to an activating group) is 1. The molecule has 1 aromatic carbocycles. The Morgan fingerprint density at radius 3 is 2.67 bits per heavy atom. The Hall–Kier alpha value is -1.95. The van der Waals surface area contributed by atoms with Crippen LogP contribution in [0.25, 0.3) is 0 Å². The lowest BCUT2D eigenvalue weighted by Gasteiger charge is -2.14. The van der Waals surface area contributed by atoms with Crippen molar-refractivity contribution in [2.24, 2.45) is 5.73 Å². The Kier molecular flexibility index (Phi) is 4.79. The predicted molar refractivity (Wildman–Crippen MR) is 71.5 cm³/mol. The maximum atomic E-state index is 11.9. The van der Waals surface area contributed by atoms with Crippen LogP contribution in [0.1, 0.15) is 15.9 Å². The van der Waals surface area contributed by atoms with E-state index in [1.165, 1.54) is 7.05 Å². The highest BCUT2D eigenvalue weighted by molar-refractivity contribution is 7.80. The highest BCUT2D eigenvalue weighted by Crippen LogP contribution is 2.08. The molecular formula is C12H14N2O3S. The molecule has 0 aromatic heterocycles. The summed E-state index contributed by atoms with van der Waals surface area (Å²) in [4.78, 5) is 23.9. The summed E-state index contributed by atoms with van der Waals surface area (Å²) >= 11 is 4.80. The van der Waals surface area contributed by atoms with Crippen LogP contribution in [0.5, 0.6) is 0 Å². The van der Waals surface area contributed by atoms with E-state index >= 15 is 0 Å². The highest BCUT2D eigenvalue weighted by Gasteiger charge is 2.14. The highest BCUT2D eigenvalue weighted by atomic mass is 32.1. The first kappa shape index (κ1) is 14.1. The Labute approximate surface area is 110 Å². The molecule has 0 fully saturated rings. The Balaban J connectivity index is 2.85. The van der Waals surface area contributed by atoms with Gasteiger partial charge >= 0.3 is 5.97 Å². The van der Waals surface area contributed by atoms with Crippen LogP contribution >= 0.6 is 12.2 Å². The molecule has 6 heteroatoms. The molecule has 0 radical (unpaired) electrons. The molecule has 0 saturated carbocycles. The van der Waals surface area contributed by atoms with Gasteiger partial charge in [0.1, 0.15) is 6.54 Å². The van der Waals surface area contributed by atoms with Gasteiger partial charge in [-0.25, -0.2) is 0 Å². The molecule has 18 heavy (non-hydrogen) atoms. The number of thiocarbonyl (C=S) groups is 1. The first-order valence-corrected chi connectivity index (χ1v) is 5.65. The normalized spacial score (nSPS) is 9.83. The number of amides is 1. The SMILES string of the molecule is CN(CC(=O)O)C(=O)c1cccc(CC(N)=S)c1. The molecule has 1 aromatic rings. The van der Waals surface area contributed by atoms with Gasteiger partial charge in [0.25, 0.3) is 5.91 Å². The van der Waals surface area contributed by atoms with Crippen LogP contribution < -0.4 is 5.73 Å². The first-order valence-electron chi connectivity index (χ1n) is 5.24. The summed E-state index contributed by atoms with van der Waals surface area (Å²) in [5, 5.41) is 8.63. The van der Waals surface area contributed by atoms with Crippen molar-refractivity contribution >= 4 is 29.1 Å². The monoisotopic (exact) mass is 266 g/mol. The van der Waals surface area contributed by atoms with E-state index in [-0.39, 0.29) is 12.5 Å². The van der Waals surface area contributed by atoms with Gasteiger partial charge in [-0.15, -0.1) is 0 Å². The van der Waals surface area contributed by atoms with E-state index < -0.39 is 5.97 Å². The number of hydrogen-bond acceptors (Lipinski definition) is 3. The van der Waals surface area contributed by atoms with Crippen LogP contribution in [0.4, 0.5) is 0 Å². The molecule has 0 saturated heterocycles. The van der Waals surface area contributed by atoms with E-state index in [1.54, 1.807) is 18.2 Å². The fourth-order valence-corrected chi connectivity index (χ4v) is 1.68. The van der Waals surface area contributed by atoms with Crippen molar-refractivity contribution in [3.8, 4) is 0 Å². The Morgan fingerprint density at radius 1 is 1.44 bits per heavy atom. The number of nitrogens with zero attached hydrogens (tertiary/aromatic N) is 1. The standard InChI is InChI=1S/C12H14N2O3S/c1-14(7-11(15)16)12(17)9-4-2-3-8(5-9)6-10(13)18/h2-5H,6-7H2,1H3,(H2,13,18)(H,15,16). The van der Waals surface area contributed by atoms with Crippen molar-refractivity contribution in [3.63, 3.8) is 0 Å². The molecule has 0 unspecified atom stereocenters. The smallest absolute Gasteiger partial charge is 0.323 e. The number of carbonyl (C=O) groups is 2. The van der Waals surface area contributed by atoms with E-state index in [9.17, 15) is 9.59 Å². The minimum absolute atomic E-state index is 0.335. The summed E-state index contributed by atoms with van der Waals surface area (Å²) in [6.45, 7) is -0.335. The second-order valence-electron chi connectivity index (χ2n) is 3.90. The van der Waals surface area contributed by atoms with E-state index in [1.807, 2.05) is 6.07 Å². The van der Waals surface area contributed by atoms with E-state index in [0.29, 0.717) is 17.0 Å². The maximum absolute atomic E-state index is 11.9. The number of carboxylic acids is 1. The number of aliphatic carboxylic acids is 1. The molecule has 5 nitrogen and oxygen atoms in total. The second-order valence-corrected chi connectivity index (χ2v) is 4.42. The third kappa shape index (κ3) is 4.14. The summed E-state index contributed by atoms with van der Waals surface area (Å²) in [6.07, 6.45) is 0.416. The van der Waals surface area contributed by atoms with E-state index in [4.69, 9.17) is 23.1 Å². The van der Waals surface area contributed by atoms with Gasteiger partial charge in [-0.05, 0) is 17.7 Å². The molecule has 0 bridgehead atoms. The van der Waals surface area contributed by atoms with Crippen LogP contribution in [-0.4, -0.2) is 40.5 Å². The lowest BCUT2D eigenvalue weighted by molar-refractivity contribution is -0.137. The molecule has 0 aliphatic rings. The molecule has 0 atom stereocenters. The van der Waals surface area contributed by atoms with Crippen LogP contribution in [0.2, 0.25) is 0 Å². The molecule has 0 aliphatic heterocycles. The summed E-state index contributed by atoms with van der Waals surface area (Å²) in [5.41, 5.74) is 6.69. The molecule has 0 heterocycles. The van der Waals surface area contributed by atoms with Gasteiger partial charge in [0.15, 0.2) is 0 Å². The average Bonchev–Trinajstić information content (AvgIpc) is 2.26. The van der Waals surface area contributed by atoms with Gasteiger partial charge < -0.3 is 15.7 Å². The van der Waals surface area contributed by atoms with Crippen molar-refractivity contribution in [3.05, 3.63) is 35.4 Å². The fourth-order valence-electron chi connectivity index (χ4n) is 1.51. The molecule has 1 rings (SSSR count). The first-order chi connectivity index (χ1) is 8.40. The Bertz CT molecular complexity index is 488. The van der Waals surface area contributed by atoms with Crippen LogP contribution in [0.3, 0.4) is 0 Å². The zero-order chi connectivity index (χ0) is 13.7. The maximum Gasteiger partial charge on any atom is 0.323 e. The number of carboxylic acid groups (broad SMARTS) is 1. The van der Waals surface area contributed by atoms with Crippen molar-refractivity contribution in [2.75, 3.05) is 13.6 Å². The van der Waals surface area contributed by atoms with Crippen molar-refractivity contribution < 1.29 is 14.7 Å².